The summed E-state index contributed by atoms with van der Waals surface area (Å²) in [5, 5.41) is 3.10. The molecule has 0 fully saturated rings. The number of methoxy groups -OCH3 is 1. The summed E-state index contributed by atoms with van der Waals surface area (Å²) in [7, 11) is 5.52. The van der Waals surface area contributed by atoms with Gasteiger partial charge in [-0.25, -0.2) is 0 Å². The number of likely N-dealkylation sites (N-methyl/N-ethyl adjacent to an activating group) is 2. The van der Waals surface area contributed by atoms with Gasteiger partial charge in [0.15, 0.2) is 5.82 Å². The second kappa shape index (κ2) is 7.44. The quantitative estimate of drug-likeness (QED) is 0.840. The monoisotopic (exact) mass is 288 g/mol. The van der Waals surface area contributed by atoms with Crippen molar-refractivity contribution in [2.24, 2.45) is 0 Å². The minimum Gasteiger partial charge on any atom is -0.497 e. The van der Waals surface area contributed by atoms with Gasteiger partial charge in [-0.05, 0) is 31.3 Å². The lowest BCUT2D eigenvalue weighted by molar-refractivity contribution is 0.412. The van der Waals surface area contributed by atoms with Crippen LogP contribution in [0.5, 0.6) is 17.4 Å². The van der Waals surface area contributed by atoms with Crippen LogP contribution in [0.25, 0.3) is 0 Å². The molecule has 0 atom stereocenters. The number of nitrogens with one attached hydrogen (secondary N) is 1. The molecule has 0 bridgehead atoms. The van der Waals surface area contributed by atoms with Gasteiger partial charge in [-0.1, -0.05) is 0 Å². The van der Waals surface area contributed by atoms with Gasteiger partial charge in [0, 0.05) is 20.1 Å². The molecule has 0 saturated carbocycles. The molecular formula is C15H20N4O2. The molecule has 0 aliphatic rings. The Morgan fingerprint density at radius 1 is 1.14 bits per heavy atom. The predicted molar refractivity (Wildman–Crippen MR) is 82.3 cm³/mol. The molecule has 1 N–H and O–H groups in total. The molecular weight excluding hydrogens is 268 g/mol. The van der Waals surface area contributed by atoms with E-state index < -0.39 is 0 Å². The van der Waals surface area contributed by atoms with Crippen LogP contribution >= 0.6 is 0 Å². The Kier molecular flexibility index (Phi) is 5.34. The van der Waals surface area contributed by atoms with Crippen molar-refractivity contribution < 1.29 is 9.47 Å². The largest absolute Gasteiger partial charge is 0.497 e. The Morgan fingerprint density at radius 2 is 1.86 bits per heavy atom. The first kappa shape index (κ1) is 15.1. The number of hydrogen-bond acceptors (Lipinski definition) is 6. The number of ether oxygens (including phenoxy) is 2. The summed E-state index contributed by atoms with van der Waals surface area (Å²) in [6.45, 7) is 1.72. The van der Waals surface area contributed by atoms with E-state index in [1.54, 1.807) is 19.5 Å². The Morgan fingerprint density at radius 3 is 2.52 bits per heavy atom. The van der Waals surface area contributed by atoms with Crippen LogP contribution in [0.15, 0.2) is 36.7 Å². The molecule has 2 aromatic rings. The van der Waals surface area contributed by atoms with Crippen molar-refractivity contribution in [3.05, 3.63) is 36.7 Å². The molecule has 0 aliphatic carbocycles. The summed E-state index contributed by atoms with van der Waals surface area (Å²) in [5.41, 5.74) is 0. The maximum Gasteiger partial charge on any atom is 0.239 e. The molecule has 0 unspecified atom stereocenters. The highest BCUT2D eigenvalue weighted by Gasteiger charge is 2.06. The molecule has 1 aromatic carbocycles. The van der Waals surface area contributed by atoms with Gasteiger partial charge in [-0.3, -0.25) is 4.98 Å². The van der Waals surface area contributed by atoms with Crippen molar-refractivity contribution in [3.63, 3.8) is 0 Å². The first-order chi connectivity index (χ1) is 10.2. The Bertz CT molecular complexity index is 560. The van der Waals surface area contributed by atoms with Crippen molar-refractivity contribution in [2.75, 3.05) is 39.2 Å². The molecule has 2 rings (SSSR count). The topological polar surface area (TPSA) is 59.5 Å². The normalized spacial score (nSPS) is 10.2. The van der Waals surface area contributed by atoms with Crippen molar-refractivity contribution in [3.8, 4) is 17.4 Å². The number of nitrogens with zero attached hydrogens (tertiary/aromatic N) is 3. The predicted octanol–water partition coefficient (Wildman–Crippen LogP) is 1.93. The van der Waals surface area contributed by atoms with Gasteiger partial charge in [0.2, 0.25) is 5.88 Å². The van der Waals surface area contributed by atoms with Gasteiger partial charge in [-0.15, -0.1) is 0 Å². The van der Waals surface area contributed by atoms with Crippen LogP contribution in [0.4, 0.5) is 5.82 Å². The smallest absolute Gasteiger partial charge is 0.239 e. The summed E-state index contributed by atoms with van der Waals surface area (Å²) < 4.78 is 10.8. The number of aromatic nitrogens is 2. The second-order valence-electron chi connectivity index (χ2n) is 4.52. The Balaban J connectivity index is 2.06. The maximum atomic E-state index is 5.70. The molecule has 6 heteroatoms. The number of hydrogen-bond donors (Lipinski definition) is 1. The summed E-state index contributed by atoms with van der Waals surface area (Å²) in [6, 6.07) is 7.34. The van der Waals surface area contributed by atoms with E-state index in [0.717, 1.165) is 24.7 Å². The van der Waals surface area contributed by atoms with Gasteiger partial charge < -0.3 is 19.7 Å². The van der Waals surface area contributed by atoms with E-state index in [9.17, 15) is 0 Å². The Labute approximate surface area is 124 Å². The van der Waals surface area contributed by atoms with E-state index in [1.165, 1.54) is 0 Å². The van der Waals surface area contributed by atoms with E-state index in [2.05, 4.69) is 15.3 Å². The molecule has 0 amide bonds. The van der Waals surface area contributed by atoms with Crippen LogP contribution < -0.4 is 19.7 Å². The summed E-state index contributed by atoms with van der Waals surface area (Å²) in [5.74, 6) is 2.72. The molecule has 0 aliphatic heterocycles. The zero-order chi connectivity index (χ0) is 15.1. The van der Waals surface area contributed by atoms with Crippen molar-refractivity contribution >= 4 is 5.82 Å². The van der Waals surface area contributed by atoms with Crippen molar-refractivity contribution in [2.45, 2.75) is 0 Å². The third kappa shape index (κ3) is 4.32. The number of rotatable bonds is 7. The highest BCUT2D eigenvalue weighted by Crippen LogP contribution is 2.23. The van der Waals surface area contributed by atoms with Crippen molar-refractivity contribution in [1.82, 2.24) is 15.3 Å². The summed E-state index contributed by atoms with van der Waals surface area (Å²) in [6.07, 6.45) is 3.32. The lowest BCUT2D eigenvalue weighted by Crippen LogP contribution is -2.27. The lowest BCUT2D eigenvalue weighted by atomic mass is 10.3. The highest BCUT2D eigenvalue weighted by atomic mass is 16.5. The van der Waals surface area contributed by atoms with Gasteiger partial charge in [0.25, 0.3) is 0 Å². The fourth-order valence-electron chi connectivity index (χ4n) is 1.73. The van der Waals surface area contributed by atoms with Gasteiger partial charge in [-0.2, -0.15) is 4.98 Å². The van der Waals surface area contributed by atoms with E-state index in [0.29, 0.717) is 11.6 Å². The minimum absolute atomic E-state index is 0.467. The fraction of sp³-hybridized carbons (Fsp3) is 0.333. The van der Waals surface area contributed by atoms with E-state index in [1.807, 2.05) is 43.3 Å². The standard InChI is InChI=1S/C15H20N4O2/c1-16-8-9-19(2)14-10-17-11-15(18-14)21-13-6-4-12(20-3)5-7-13/h4-7,10-11,16H,8-9H2,1-3H3. The maximum absolute atomic E-state index is 5.70. The van der Waals surface area contributed by atoms with Crippen LogP contribution in [0, 0.1) is 0 Å². The van der Waals surface area contributed by atoms with Crippen LogP contribution in [-0.2, 0) is 0 Å². The van der Waals surface area contributed by atoms with Gasteiger partial charge in [0.1, 0.15) is 11.5 Å². The molecule has 1 heterocycles. The molecule has 0 radical (unpaired) electrons. The molecule has 0 saturated heterocycles. The fourth-order valence-corrected chi connectivity index (χ4v) is 1.73. The first-order valence-electron chi connectivity index (χ1n) is 6.72. The van der Waals surface area contributed by atoms with Gasteiger partial charge >= 0.3 is 0 Å². The Hall–Kier alpha value is -2.34. The average Bonchev–Trinajstić information content (AvgIpc) is 2.53. The van der Waals surface area contributed by atoms with Crippen LogP contribution in [0.1, 0.15) is 0 Å². The summed E-state index contributed by atoms with van der Waals surface area (Å²) in [4.78, 5) is 10.6. The zero-order valence-electron chi connectivity index (χ0n) is 12.5. The van der Waals surface area contributed by atoms with E-state index >= 15 is 0 Å². The zero-order valence-corrected chi connectivity index (χ0v) is 12.5. The van der Waals surface area contributed by atoms with Crippen LogP contribution in [0.3, 0.4) is 0 Å². The number of benzene rings is 1. The lowest BCUT2D eigenvalue weighted by Gasteiger charge is -2.17. The SMILES string of the molecule is CNCCN(C)c1cncc(Oc2ccc(OC)cc2)n1. The molecule has 21 heavy (non-hydrogen) atoms. The highest BCUT2D eigenvalue weighted by molar-refractivity contribution is 5.38. The van der Waals surface area contributed by atoms with Crippen LogP contribution in [-0.4, -0.2) is 44.3 Å². The third-order valence-electron chi connectivity index (χ3n) is 2.97. The average molecular weight is 288 g/mol. The molecule has 0 spiro atoms. The molecule has 1 aromatic heterocycles. The van der Waals surface area contributed by atoms with Crippen LogP contribution in [0.2, 0.25) is 0 Å². The second-order valence-corrected chi connectivity index (χ2v) is 4.52. The third-order valence-corrected chi connectivity index (χ3v) is 2.97. The minimum atomic E-state index is 0.467. The first-order valence-corrected chi connectivity index (χ1v) is 6.72. The molecule has 6 nitrogen and oxygen atoms in total. The van der Waals surface area contributed by atoms with Gasteiger partial charge in [0.05, 0.1) is 19.5 Å². The van der Waals surface area contributed by atoms with E-state index in [-0.39, 0.29) is 0 Å². The van der Waals surface area contributed by atoms with E-state index in [4.69, 9.17) is 9.47 Å². The van der Waals surface area contributed by atoms with Crippen molar-refractivity contribution in [1.29, 1.82) is 0 Å². The molecule has 112 valence electrons. The summed E-state index contributed by atoms with van der Waals surface area (Å²) >= 11 is 0. The number of anilines is 1.